The smallest absolute Gasteiger partial charge is 0.347 e. The van der Waals surface area contributed by atoms with Gasteiger partial charge in [-0.25, -0.2) is 4.79 Å². The third-order valence-electron chi connectivity index (χ3n) is 24.4. The zero-order valence-electron chi connectivity index (χ0n) is 56.1. The fourth-order valence-electron chi connectivity index (χ4n) is 16.4. The van der Waals surface area contributed by atoms with Gasteiger partial charge in [-0.1, -0.05) is 137 Å². The van der Waals surface area contributed by atoms with Crippen LogP contribution in [-0.2, 0) is 95.3 Å². The molecule has 8 saturated carbocycles. The molecule has 23 unspecified atom stereocenters. The molecule has 13 aliphatic rings. The fourth-order valence-corrected chi connectivity index (χ4v) is 16.4. The van der Waals surface area contributed by atoms with Gasteiger partial charge in [-0.3, -0.25) is 43.2 Å². The molecule has 0 aromatic rings. The summed E-state index contributed by atoms with van der Waals surface area (Å²) in [7, 11) is 0. The van der Waals surface area contributed by atoms with E-state index in [0.717, 1.165) is 70.6 Å². The van der Waals surface area contributed by atoms with Crippen molar-refractivity contribution in [2.45, 2.75) is 330 Å². The molecule has 0 amide bonds. The molecule has 20 heteroatoms. The van der Waals surface area contributed by atoms with Crippen LogP contribution >= 0.6 is 0 Å². The average Bonchev–Trinajstić information content (AvgIpc) is 1.55. The van der Waals surface area contributed by atoms with Crippen molar-refractivity contribution in [3.8, 4) is 0 Å². The SMILES string of the molecule is C.C.C.C.C.C.C.C.C.C.CCC(C)(C)C(=O)OC1C(=O)OCC1C.CCC(C)(C)C(=O)OC1C2CC3C(=O)OC1(C)C3C2.CCC(C)(C)C(=O)OC1C2CC3C(=O)OC1C3C2.CCC(C)(C)C(=O)OC1C2OC(=O)C3CC1C(C)(C)C32.CCC(C)C(=O)OC1C2CC3C(=O)OC1C3C2. The Bertz CT molecular complexity index is 2800. The highest BCUT2D eigenvalue weighted by Crippen LogP contribution is 2.66. The monoisotopic (exact) mass is 1410 g/mol. The highest BCUT2D eigenvalue weighted by atomic mass is 16.6. The Kier molecular flexibility index (Phi) is 33.6. The lowest BCUT2D eigenvalue weighted by Gasteiger charge is -2.36. The van der Waals surface area contributed by atoms with Crippen molar-refractivity contribution in [2.24, 2.45) is 110 Å². The van der Waals surface area contributed by atoms with Gasteiger partial charge in [0.25, 0.3) is 0 Å². The zero-order valence-corrected chi connectivity index (χ0v) is 56.1. The molecule has 0 spiro atoms. The molecule has 23 atom stereocenters. The van der Waals surface area contributed by atoms with E-state index in [1.165, 1.54) is 0 Å². The van der Waals surface area contributed by atoms with Crippen LogP contribution in [0.3, 0.4) is 0 Å². The molecule has 0 N–H and O–H groups in total. The summed E-state index contributed by atoms with van der Waals surface area (Å²) in [6.45, 7) is 35.2. The number of esters is 10. The van der Waals surface area contributed by atoms with E-state index in [1.807, 2.05) is 96.9 Å². The zero-order chi connectivity index (χ0) is 65.7. The maximum Gasteiger partial charge on any atom is 0.347 e. The number of cyclic esters (lactones) is 1. The van der Waals surface area contributed by atoms with Crippen molar-refractivity contribution in [1.29, 1.82) is 0 Å². The van der Waals surface area contributed by atoms with E-state index >= 15 is 0 Å². The average molecular weight is 1410 g/mol. The molecule has 5 heterocycles. The van der Waals surface area contributed by atoms with Gasteiger partial charge in [0, 0.05) is 53.3 Å². The minimum atomic E-state index is -0.719. The second-order valence-corrected chi connectivity index (χ2v) is 31.7. The molecule has 13 rings (SSSR count). The van der Waals surface area contributed by atoms with Crippen LogP contribution in [-0.4, -0.2) is 121 Å². The highest BCUT2D eigenvalue weighted by Gasteiger charge is 2.73. The Balaban J connectivity index is 0. The second-order valence-electron chi connectivity index (χ2n) is 31.7. The molecule has 8 aliphatic carbocycles. The maximum absolute atomic E-state index is 12.3. The summed E-state index contributed by atoms with van der Waals surface area (Å²) in [5, 5.41) is 0. The van der Waals surface area contributed by atoms with Crippen molar-refractivity contribution in [2.75, 3.05) is 6.61 Å². The number of hydrogen-bond donors (Lipinski definition) is 0. The largest absolute Gasteiger partial charge is 0.462 e. The molecule has 13 fully saturated rings. The quantitative estimate of drug-likeness (QED) is 0.109. The summed E-state index contributed by atoms with van der Waals surface area (Å²) in [5.41, 5.74) is -2.51. The van der Waals surface area contributed by atoms with E-state index in [-0.39, 0.29) is 229 Å². The molecule has 5 saturated heterocycles. The summed E-state index contributed by atoms with van der Waals surface area (Å²) >= 11 is 0. The van der Waals surface area contributed by atoms with E-state index in [9.17, 15) is 47.9 Å². The van der Waals surface area contributed by atoms with Gasteiger partial charge in [-0.2, -0.15) is 0 Å². The first-order chi connectivity index (χ1) is 41.4. The van der Waals surface area contributed by atoms with E-state index in [4.69, 9.17) is 47.4 Å². The van der Waals surface area contributed by atoms with Crippen LogP contribution in [0.1, 0.15) is 276 Å². The van der Waals surface area contributed by atoms with Gasteiger partial charge < -0.3 is 47.4 Å². The lowest BCUT2D eigenvalue weighted by Crippen LogP contribution is -2.47. The minimum absolute atomic E-state index is 0. The van der Waals surface area contributed by atoms with Crippen LogP contribution < -0.4 is 0 Å². The Labute approximate surface area is 599 Å². The molecule has 578 valence electrons. The summed E-state index contributed by atoms with van der Waals surface area (Å²) in [6, 6.07) is 0. The van der Waals surface area contributed by atoms with Crippen LogP contribution in [0.15, 0.2) is 0 Å². The third-order valence-corrected chi connectivity index (χ3v) is 24.4. The number of carbonyl (C=O) groups is 10. The van der Waals surface area contributed by atoms with Crippen LogP contribution in [0.25, 0.3) is 0 Å². The van der Waals surface area contributed by atoms with Gasteiger partial charge >= 0.3 is 59.7 Å². The van der Waals surface area contributed by atoms with E-state index in [0.29, 0.717) is 42.6 Å². The van der Waals surface area contributed by atoms with Crippen molar-refractivity contribution in [1.82, 2.24) is 0 Å². The molecular weight excluding hydrogens is 1270 g/mol. The van der Waals surface area contributed by atoms with Crippen LogP contribution in [0.4, 0.5) is 0 Å². The first-order valence-corrected chi connectivity index (χ1v) is 33.5. The predicted octanol–water partition coefficient (Wildman–Crippen LogP) is 16.2. The maximum atomic E-state index is 12.3. The Hall–Kier alpha value is -5.30. The van der Waals surface area contributed by atoms with Crippen LogP contribution in [0, 0.1) is 110 Å². The number of ether oxygens (including phenoxy) is 10. The topological polar surface area (TPSA) is 263 Å². The van der Waals surface area contributed by atoms with Crippen LogP contribution in [0.2, 0.25) is 0 Å². The van der Waals surface area contributed by atoms with Gasteiger partial charge in [0.05, 0.1) is 57.9 Å². The molecule has 20 nitrogen and oxygen atoms in total. The number of hydrogen-bond acceptors (Lipinski definition) is 20. The fraction of sp³-hybridized carbons (Fsp3) is 0.873. The molecule has 5 aliphatic heterocycles. The van der Waals surface area contributed by atoms with Gasteiger partial charge in [-0.05, 0) is 145 Å². The van der Waals surface area contributed by atoms with Crippen molar-refractivity contribution in [3.05, 3.63) is 0 Å². The molecule has 0 aromatic heterocycles. The molecule has 99 heavy (non-hydrogen) atoms. The summed E-state index contributed by atoms with van der Waals surface area (Å²) in [5.74, 6) is 0.610. The Morgan fingerprint density at radius 3 is 1.27 bits per heavy atom. The molecule has 0 aromatic carbocycles. The molecular formula is C79H142O20. The number of fused-ring (bicyclic) bond motifs is 4. The van der Waals surface area contributed by atoms with E-state index in [1.54, 1.807) is 13.8 Å². The lowest BCUT2D eigenvalue weighted by molar-refractivity contribution is -0.181. The summed E-state index contributed by atoms with van der Waals surface area (Å²) in [4.78, 5) is 118. The van der Waals surface area contributed by atoms with Crippen molar-refractivity contribution in [3.63, 3.8) is 0 Å². The van der Waals surface area contributed by atoms with E-state index in [2.05, 4.69) is 13.8 Å². The van der Waals surface area contributed by atoms with Crippen LogP contribution in [0.5, 0.6) is 0 Å². The molecule has 8 bridgehead atoms. The normalized spacial score (nSPS) is 35.5. The number of rotatable bonds is 15. The second kappa shape index (κ2) is 34.8. The minimum Gasteiger partial charge on any atom is -0.462 e. The highest BCUT2D eigenvalue weighted by molar-refractivity contribution is 5.84. The standard InChI is InChI=1S/C16H24O4.C15H22O4.C14H20O4.C13H18O4.C11H18O4.10CH4/c1-6-15(2,3)14(18)20-11-9-7-8-10(16(9,4)5)12(11)19-13(8)17;1-5-14(2,3)13(17)18-11-8-6-9-10(7-8)15(11,4)19-12(9)16;1-4-14(2,3)13(16)18-10-7-5-8-9(6-7)12(15)17-11(8)10;1-3-6(2)12(14)16-10-7-4-8-9(5-7)13(15)17-11(8)10;1-5-11(3,4)10(13)15-8-7(2)6-14-9(8)12;;;;;;;;;;/h8-12H,6-7H2,1-5H3;8-11H,5-7H2,1-4H3;7-11H,4-6H2,1-3H3;6-11H,3-5H2,1-2H3;7-8H,5-6H2,1-4H3;10*1H4. The van der Waals surface area contributed by atoms with Gasteiger partial charge in [0.1, 0.15) is 48.3 Å². The summed E-state index contributed by atoms with van der Waals surface area (Å²) < 4.78 is 54.6. The van der Waals surface area contributed by atoms with Crippen molar-refractivity contribution >= 4 is 59.7 Å². The number of carbonyl (C=O) groups excluding carboxylic acids is 10. The Morgan fingerprint density at radius 2 is 0.848 bits per heavy atom. The van der Waals surface area contributed by atoms with Gasteiger partial charge in [0.15, 0.2) is 0 Å². The predicted molar refractivity (Wildman–Crippen MR) is 385 cm³/mol. The van der Waals surface area contributed by atoms with Gasteiger partial charge in [0.2, 0.25) is 6.10 Å². The summed E-state index contributed by atoms with van der Waals surface area (Å²) in [6.07, 6.45) is 7.78. The third kappa shape index (κ3) is 17.2. The first kappa shape index (κ1) is 95.8. The van der Waals surface area contributed by atoms with E-state index < -0.39 is 39.3 Å². The van der Waals surface area contributed by atoms with Gasteiger partial charge in [-0.15, -0.1) is 0 Å². The Morgan fingerprint density at radius 1 is 0.455 bits per heavy atom. The molecule has 0 radical (unpaired) electrons. The lowest BCUT2D eigenvalue weighted by atomic mass is 9.79. The first-order valence-electron chi connectivity index (χ1n) is 33.5. The van der Waals surface area contributed by atoms with Crippen molar-refractivity contribution < 1.29 is 95.3 Å².